The fourth-order valence-corrected chi connectivity index (χ4v) is 2.54. The Balaban J connectivity index is 1.95. The Morgan fingerprint density at radius 1 is 1.22 bits per heavy atom. The second-order valence-corrected chi connectivity index (χ2v) is 4.75. The van der Waals surface area contributed by atoms with Crippen molar-refractivity contribution >= 4 is 16.7 Å². The lowest BCUT2D eigenvalue weighted by Gasteiger charge is -2.33. The molecular weight excluding hydrogens is 267 g/mol. The normalized spacial score (nSPS) is 18.3. The van der Waals surface area contributed by atoms with E-state index >= 15 is 0 Å². The molecule has 2 rings (SSSR count). The van der Waals surface area contributed by atoms with Crippen LogP contribution in [0.2, 0.25) is 0 Å². The summed E-state index contributed by atoms with van der Waals surface area (Å²) in [5, 5.41) is 0.342. The average Bonchev–Trinajstić information content (AvgIpc) is 2.79. The van der Waals surface area contributed by atoms with E-state index in [4.69, 9.17) is 5.73 Å². The van der Waals surface area contributed by atoms with Crippen molar-refractivity contribution < 1.29 is 13.2 Å². The van der Waals surface area contributed by atoms with E-state index < -0.39 is 12.0 Å². The summed E-state index contributed by atoms with van der Waals surface area (Å²) in [6, 6.07) is 0. The summed E-state index contributed by atoms with van der Waals surface area (Å²) >= 11 is 0.799. The van der Waals surface area contributed by atoms with E-state index in [-0.39, 0.29) is 0 Å². The molecular formula is C9H14F3N5S. The highest BCUT2D eigenvalue weighted by molar-refractivity contribution is 7.09. The van der Waals surface area contributed by atoms with Crippen LogP contribution in [0.3, 0.4) is 0 Å². The van der Waals surface area contributed by atoms with E-state index in [1.54, 1.807) is 0 Å². The molecule has 1 aliphatic rings. The van der Waals surface area contributed by atoms with Crippen LogP contribution in [0.15, 0.2) is 0 Å². The maximum absolute atomic E-state index is 12.4. The maximum Gasteiger partial charge on any atom is 0.452 e. The lowest BCUT2D eigenvalue weighted by molar-refractivity contribution is -0.144. The van der Waals surface area contributed by atoms with E-state index in [2.05, 4.69) is 14.3 Å². The number of alkyl halides is 3. The van der Waals surface area contributed by atoms with Crippen molar-refractivity contribution in [1.82, 2.24) is 14.3 Å². The number of hydrogen-bond donors (Lipinski definition) is 1. The van der Waals surface area contributed by atoms with Gasteiger partial charge in [-0.3, -0.25) is 4.90 Å². The van der Waals surface area contributed by atoms with Crippen molar-refractivity contribution in [3.63, 3.8) is 0 Å². The summed E-state index contributed by atoms with van der Waals surface area (Å²) in [6.07, 6.45) is -4.46. The van der Waals surface area contributed by atoms with Crippen molar-refractivity contribution in [2.24, 2.45) is 5.73 Å². The molecule has 1 aromatic heterocycles. The fourth-order valence-electron chi connectivity index (χ4n) is 1.80. The van der Waals surface area contributed by atoms with Crippen LogP contribution in [0, 0.1) is 0 Å². The minimum atomic E-state index is -4.46. The number of piperazine rings is 1. The molecule has 5 nitrogen and oxygen atoms in total. The van der Waals surface area contributed by atoms with Gasteiger partial charge in [0.15, 0.2) is 0 Å². The molecule has 18 heavy (non-hydrogen) atoms. The van der Waals surface area contributed by atoms with E-state index in [1.807, 2.05) is 4.90 Å². The van der Waals surface area contributed by atoms with Crippen LogP contribution in [-0.2, 0) is 6.18 Å². The first-order valence-electron chi connectivity index (χ1n) is 5.59. The number of aromatic nitrogens is 2. The summed E-state index contributed by atoms with van der Waals surface area (Å²) in [5.74, 6) is -1.05. The van der Waals surface area contributed by atoms with Crippen molar-refractivity contribution in [3.05, 3.63) is 5.82 Å². The van der Waals surface area contributed by atoms with Crippen LogP contribution in [0.5, 0.6) is 0 Å². The summed E-state index contributed by atoms with van der Waals surface area (Å²) < 4.78 is 40.5. The predicted molar refractivity (Wildman–Crippen MR) is 62.6 cm³/mol. The summed E-state index contributed by atoms with van der Waals surface area (Å²) in [5.41, 5.74) is 5.46. The fraction of sp³-hybridized carbons (Fsp3) is 0.778. The minimum Gasteiger partial charge on any atom is -0.344 e. The van der Waals surface area contributed by atoms with E-state index in [0.717, 1.165) is 31.2 Å². The molecule has 2 heterocycles. The van der Waals surface area contributed by atoms with Crippen LogP contribution < -0.4 is 10.6 Å². The van der Waals surface area contributed by atoms with Gasteiger partial charge in [-0.25, -0.2) is 0 Å². The number of rotatable bonds is 3. The third-order valence-electron chi connectivity index (χ3n) is 2.76. The molecule has 0 amide bonds. The molecule has 1 saturated heterocycles. The van der Waals surface area contributed by atoms with Crippen molar-refractivity contribution in [2.45, 2.75) is 6.18 Å². The van der Waals surface area contributed by atoms with E-state index in [0.29, 0.717) is 24.8 Å². The molecule has 0 saturated carbocycles. The third-order valence-corrected chi connectivity index (χ3v) is 3.53. The zero-order valence-corrected chi connectivity index (χ0v) is 10.5. The van der Waals surface area contributed by atoms with Crippen LogP contribution in [0.1, 0.15) is 5.82 Å². The molecule has 0 radical (unpaired) electrons. The molecule has 1 aromatic rings. The zero-order valence-electron chi connectivity index (χ0n) is 9.65. The number of halogens is 3. The van der Waals surface area contributed by atoms with Gasteiger partial charge in [0.25, 0.3) is 0 Å². The molecule has 102 valence electrons. The van der Waals surface area contributed by atoms with Crippen molar-refractivity contribution in [3.8, 4) is 0 Å². The highest BCUT2D eigenvalue weighted by atomic mass is 32.1. The Kier molecular flexibility index (Phi) is 4.03. The Morgan fingerprint density at radius 3 is 2.39 bits per heavy atom. The maximum atomic E-state index is 12.4. The van der Waals surface area contributed by atoms with Gasteiger partial charge < -0.3 is 10.6 Å². The molecule has 1 aliphatic heterocycles. The highest BCUT2D eigenvalue weighted by Crippen LogP contribution is 2.30. The number of anilines is 1. The van der Waals surface area contributed by atoms with Gasteiger partial charge in [-0.05, 0) is 0 Å². The Labute approximate surface area is 107 Å². The van der Waals surface area contributed by atoms with Gasteiger partial charge >= 0.3 is 6.18 Å². The largest absolute Gasteiger partial charge is 0.452 e. The first-order chi connectivity index (χ1) is 8.50. The number of nitrogens with two attached hydrogens (primary N) is 1. The highest BCUT2D eigenvalue weighted by Gasteiger charge is 2.36. The minimum absolute atomic E-state index is 0.342. The molecule has 0 aromatic carbocycles. The molecule has 0 atom stereocenters. The van der Waals surface area contributed by atoms with Crippen LogP contribution >= 0.6 is 11.5 Å². The molecule has 2 N–H and O–H groups in total. The van der Waals surface area contributed by atoms with E-state index in [1.165, 1.54) is 0 Å². The lowest BCUT2D eigenvalue weighted by atomic mass is 10.3. The van der Waals surface area contributed by atoms with Gasteiger partial charge in [-0.2, -0.15) is 22.5 Å². The zero-order chi connectivity index (χ0) is 13.2. The molecule has 1 fully saturated rings. The third kappa shape index (κ3) is 3.09. The van der Waals surface area contributed by atoms with Gasteiger partial charge in [0.1, 0.15) is 0 Å². The molecule has 0 unspecified atom stereocenters. The predicted octanol–water partition coefficient (Wildman–Crippen LogP) is 0.638. The first-order valence-corrected chi connectivity index (χ1v) is 6.36. The second-order valence-electron chi connectivity index (χ2n) is 4.02. The molecule has 0 aliphatic carbocycles. The smallest absolute Gasteiger partial charge is 0.344 e. The molecule has 9 heteroatoms. The van der Waals surface area contributed by atoms with Gasteiger partial charge in [-0.15, -0.1) is 0 Å². The summed E-state index contributed by atoms with van der Waals surface area (Å²) in [4.78, 5) is 7.56. The van der Waals surface area contributed by atoms with Gasteiger partial charge in [0.05, 0.1) is 0 Å². The summed E-state index contributed by atoms with van der Waals surface area (Å²) in [7, 11) is 0. The SMILES string of the molecule is NCCN1CCN(c2nc(C(F)(F)F)ns2)CC1. The number of nitrogens with zero attached hydrogens (tertiary/aromatic N) is 4. The molecule has 0 spiro atoms. The summed E-state index contributed by atoms with van der Waals surface area (Å²) in [6.45, 7) is 4.31. The molecule has 0 bridgehead atoms. The Hall–Kier alpha value is -0.930. The number of hydrogen-bond acceptors (Lipinski definition) is 6. The standard InChI is InChI=1S/C9H14F3N5S/c10-9(11,12)7-14-8(18-15-7)17-5-3-16(2-1-13)4-6-17/h1-6,13H2. The van der Waals surface area contributed by atoms with E-state index in [9.17, 15) is 13.2 Å². The van der Waals surface area contributed by atoms with Gasteiger partial charge in [0, 0.05) is 50.8 Å². The van der Waals surface area contributed by atoms with Gasteiger partial charge in [0.2, 0.25) is 11.0 Å². The first kappa shape index (κ1) is 13.5. The van der Waals surface area contributed by atoms with Crippen LogP contribution in [0.25, 0.3) is 0 Å². The lowest BCUT2D eigenvalue weighted by Crippen LogP contribution is -2.47. The quantitative estimate of drug-likeness (QED) is 0.881. The monoisotopic (exact) mass is 281 g/mol. The van der Waals surface area contributed by atoms with Crippen molar-refractivity contribution in [1.29, 1.82) is 0 Å². The van der Waals surface area contributed by atoms with Crippen molar-refractivity contribution in [2.75, 3.05) is 44.2 Å². The average molecular weight is 281 g/mol. The van der Waals surface area contributed by atoms with Crippen LogP contribution in [0.4, 0.5) is 18.3 Å². The van der Waals surface area contributed by atoms with Gasteiger partial charge in [-0.1, -0.05) is 0 Å². The Bertz CT molecular complexity index is 386. The Morgan fingerprint density at radius 2 is 1.89 bits per heavy atom. The second kappa shape index (κ2) is 5.37. The topological polar surface area (TPSA) is 58.3 Å². The van der Waals surface area contributed by atoms with Crippen LogP contribution in [-0.4, -0.2) is 53.5 Å².